The second kappa shape index (κ2) is 4.39. The Balaban J connectivity index is 2.41. The van der Waals surface area contributed by atoms with Crippen molar-refractivity contribution in [1.82, 2.24) is 4.98 Å². The number of hydrogen-bond acceptors (Lipinski definition) is 3. The van der Waals surface area contributed by atoms with E-state index in [1.165, 1.54) is 0 Å². The Hall–Kier alpha value is -0.770. The molecule has 15 heavy (non-hydrogen) atoms. The Morgan fingerprint density at radius 1 is 1.40 bits per heavy atom. The highest BCUT2D eigenvalue weighted by atomic mass is 35.5. The number of ether oxygens (including phenoxy) is 1. The third-order valence-corrected chi connectivity index (χ3v) is 2.47. The molecule has 0 bridgehead atoms. The zero-order valence-electron chi connectivity index (χ0n) is 8.09. The lowest BCUT2D eigenvalue weighted by Crippen LogP contribution is -1.93. The van der Waals surface area contributed by atoms with Gasteiger partial charge in [0, 0.05) is 18.6 Å². The van der Waals surface area contributed by atoms with E-state index >= 15 is 0 Å². The van der Waals surface area contributed by atoms with Gasteiger partial charge in [-0.3, -0.25) is 0 Å². The SMILES string of the molecule is COCCc1nc2cc(Cl)cc(Cl)c2o1. The molecule has 2 aromatic rings. The first kappa shape index (κ1) is 10.7. The largest absolute Gasteiger partial charge is 0.439 e. The van der Waals surface area contributed by atoms with E-state index in [-0.39, 0.29) is 0 Å². The van der Waals surface area contributed by atoms with Crippen LogP contribution in [0.15, 0.2) is 16.5 Å². The van der Waals surface area contributed by atoms with Crippen molar-refractivity contribution < 1.29 is 9.15 Å². The first-order valence-electron chi connectivity index (χ1n) is 4.44. The van der Waals surface area contributed by atoms with E-state index in [0.717, 1.165) is 0 Å². The van der Waals surface area contributed by atoms with Gasteiger partial charge in [0.1, 0.15) is 5.52 Å². The molecule has 0 aliphatic heterocycles. The van der Waals surface area contributed by atoms with Gasteiger partial charge in [0.2, 0.25) is 0 Å². The molecule has 1 aromatic carbocycles. The smallest absolute Gasteiger partial charge is 0.197 e. The standard InChI is InChI=1S/C10H9Cl2NO2/c1-14-3-2-9-13-8-5-6(11)4-7(12)10(8)15-9/h4-5H,2-3H2,1H3. The van der Waals surface area contributed by atoms with E-state index in [4.69, 9.17) is 32.4 Å². The molecule has 1 heterocycles. The van der Waals surface area contributed by atoms with E-state index in [9.17, 15) is 0 Å². The summed E-state index contributed by atoms with van der Waals surface area (Å²) in [6.45, 7) is 0.568. The fourth-order valence-electron chi connectivity index (χ4n) is 1.30. The minimum Gasteiger partial charge on any atom is -0.439 e. The normalized spacial score (nSPS) is 11.1. The molecule has 2 rings (SSSR count). The maximum Gasteiger partial charge on any atom is 0.197 e. The van der Waals surface area contributed by atoms with Gasteiger partial charge in [-0.15, -0.1) is 0 Å². The Bertz CT molecular complexity index is 481. The lowest BCUT2D eigenvalue weighted by Gasteiger charge is -1.92. The van der Waals surface area contributed by atoms with Crippen molar-refractivity contribution in [3.05, 3.63) is 28.1 Å². The molecule has 0 amide bonds. The zero-order valence-corrected chi connectivity index (χ0v) is 9.60. The molecule has 5 heteroatoms. The highest BCUT2D eigenvalue weighted by molar-refractivity contribution is 6.37. The molecular weight excluding hydrogens is 237 g/mol. The molecule has 0 N–H and O–H groups in total. The third kappa shape index (κ3) is 2.25. The number of oxazole rings is 1. The minimum absolute atomic E-state index is 0.480. The van der Waals surface area contributed by atoms with E-state index < -0.39 is 0 Å². The van der Waals surface area contributed by atoms with Crippen LogP contribution in [0.4, 0.5) is 0 Å². The topological polar surface area (TPSA) is 35.3 Å². The van der Waals surface area contributed by atoms with Crippen molar-refractivity contribution in [2.24, 2.45) is 0 Å². The average molecular weight is 246 g/mol. The third-order valence-electron chi connectivity index (χ3n) is 1.97. The van der Waals surface area contributed by atoms with Crippen LogP contribution >= 0.6 is 23.2 Å². The predicted molar refractivity (Wildman–Crippen MR) is 59.6 cm³/mol. The van der Waals surface area contributed by atoms with Gasteiger partial charge in [0.15, 0.2) is 11.5 Å². The van der Waals surface area contributed by atoms with Gasteiger partial charge in [0.05, 0.1) is 11.6 Å². The lowest BCUT2D eigenvalue weighted by molar-refractivity contribution is 0.196. The summed E-state index contributed by atoms with van der Waals surface area (Å²) in [6, 6.07) is 3.36. The van der Waals surface area contributed by atoms with E-state index in [1.54, 1.807) is 19.2 Å². The molecule has 80 valence electrons. The van der Waals surface area contributed by atoms with Gasteiger partial charge in [-0.1, -0.05) is 23.2 Å². The first-order valence-corrected chi connectivity index (χ1v) is 5.19. The summed E-state index contributed by atoms with van der Waals surface area (Å²) in [5.41, 5.74) is 1.26. The molecule has 0 spiro atoms. The van der Waals surface area contributed by atoms with Gasteiger partial charge in [0.25, 0.3) is 0 Å². The van der Waals surface area contributed by atoms with Crippen LogP contribution < -0.4 is 0 Å². The van der Waals surface area contributed by atoms with Crippen LogP contribution in [0.3, 0.4) is 0 Å². The molecule has 0 unspecified atom stereocenters. The summed E-state index contributed by atoms with van der Waals surface area (Å²) in [6.07, 6.45) is 0.624. The van der Waals surface area contributed by atoms with Gasteiger partial charge in [-0.2, -0.15) is 0 Å². The summed E-state index contributed by atoms with van der Waals surface area (Å²) >= 11 is 11.8. The molecule has 0 fully saturated rings. The van der Waals surface area contributed by atoms with Crippen molar-refractivity contribution in [3.63, 3.8) is 0 Å². The number of aromatic nitrogens is 1. The van der Waals surface area contributed by atoms with Crippen LogP contribution in [0.2, 0.25) is 10.0 Å². The number of nitrogens with zero attached hydrogens (tertiary/aromatic N) is 1. The maximum atomic E-state index is 5.96. The Morgan fingerprint density at radius 3 is 2.93 bits per heavy atom. The highest BCUT2D eigenvalue weighted by Gasteiger charge is 2.09. The highest BCUT2D eigenvalue weighted by Crippen LogP contribution is 2.28. The molecule has 0 saturated carbocycles. The fourth-order valence-corrected chi connectivity index (χ4v) is 1.82. The molecule has 0 atom stereocenters. The molecule has 3 nitrogen and oxygen atoms in total. The van der Waals surface area contributed by atoms with E-state index in [2.05, 4.69) is 4.98 Å². The van der Waals surface area contributed by atoms with Gasteiger partial charge < -0.3 is 9.15 Å². The van der Waals surface area contributed by atoms with Gasteiger partial charge in [-0.05, 0) is 12.1 Å². The number of benzene rings is 1. The first-order chi connectivity index (χ1) is 7.20. The van der Waals surface area contributed by atoms with Gasteiger partial charge in [-0.25, -0.2) is 4.98 Å². The number of rotatable bonds is 3. The van der Waals surface area contributed by atoms with Crippen molar-refractivity contribution in [3.8, 4) is 0 Å². The Morgan fingerprint density at radius 2 is 2.20 bits per heavy atom. The van der Waals surface area contributed by atoms with Crippen LogP contribution in [-0.4, -0.2) is 18.7 Å². The van der Waals surface area contributed by atoms with Crippen LogP contribution in [0.1, 0.15) is 5.89 Å². The minimum atomic E-state index is 0.480. The molecular formula is C10H9Cl2NO2. The zero-order chi connectivity index (χ0) is 10.8. The fraction of sp³-hybridized carbons (Fsp3) is 0.300. The second-order valence-corrected chi connectivity index (χ2v) is 3.93. The monoisotopic (exact) mass is 245 g/mol. The van der Waals surface area contributed by atoms with Crippen molar-refractivity contribution in [1.29, 1.82) is 0 Å². The van der Waals surface area contributed by atoms with Crippen LogP contribution in [0.5, 0.6) is 0 Å². The lowest BCUT2D eigenvalue weighted by atomic mass is 10.3. The van der Waals surface area contributed by atoms with Crippen molar-refractivity contribution in [2.75, 3.05) is 13.7 Å². The molecule has 0 aliphatic carbocycles. The summed E-state index contributed by atoms with van der Waals surface area (Å²) in [4.78, 5) is 4.26. The average Bonchev–Trinajstić information content (AvgIpc) is 2.57. The molecule has 0 radical (unpaired) electrons. The number of halogens is 2. The number of methoxy groups -OCH3 is 1. The maximum absolute atomic E-state index is 5.96. The Labute approximate surface area is 96.9 Å². The summed E-state index contributed by atoms with van der Waals surface area (Å²) in [7, 11) is 1.63. The number of fused-ring (bicyclic) bond motifs is 1. The molecule has 0 aliphatic rings. The molecule has 0 saturated heterocycles. The molecule has 1 aromatic heterocycles. The van der Waals surface area contributed by atoms with Gasteiger partial charge >= 0.3 is 0 Å². The van der Waals surface area contributed by atoms with Crippen molar-refractivity contribution >= 4 is 34.3 Å². The van der Waals surface area contributed by atoms with Crippen LogP contribution in [0, 0.1) is 0 Å². The summed E-state index contributed by atoms with van der Waals surface area (Å²) in [5, 5.41) is 1.03. The second-order valence-electron chi connectivity index (χ2n) is 3.09. The Kier molecular flexibility index (Phi) is 3.14. The predicted octanol–water partition coefficient (Wildman–Crippen LogP) is 3.32. The summed E-state index contributed by atoms with van der Waals surface area (Å²) in [5.74, 6) is 0.607. The van der Waals surface area contributed by atoms with E-state index in [0.29, 0.717) is 40.1 Å². The van der Waals surface area contributed by atoms with E-state index in [1.807, 2.05) is 0 Å². The van der Waals surface area contributed by atoms with Crippen LogP contribution in [-0.2, 0) is 11.2 Å². The quantitative estimate of drug-likeness (QED) is 0.833. The van der Waals surface area contributed by atoms with Crippen LogP contribution in [0.25, 0.3) is 11.1 Å². The van der Waals surface area contributed by atoms with Crippen molar-refractivity contribution in [2.45, 2.75) is 6.42 Å². The number of hydrogen-bond donors (Lipinski definition) is 0. The summed E-state index contributed by atoms with van der Waals surface area (Å²) < 4.78 is 10.4.